The molecule has 1 amide bonds. The van der Waals surface area contributed by atoms with Crippen molar-refractivity contribution in [3.05, 3.63) is 52.8 Å². The van der Waals surface area contributed by atoms with Gasteiger partial charge in [-0.2, -0.15) is 5.10 Å². The van der Waals surface area contributed by atoms with Gasteiger partial charge in [-0.25, -0.2) is 0 Å². The summed E-state index contributed by atoms with van der Waals surface area (Å²) in [6.07, 6.45) is 5.00. The fourth-order valence-electron chi connectivity index (χ4n) is 2.96. The quantitative estimate of drug-likeness (QED) is 0.910. The van der Waals surface area contributed by atoms with Crippen LogP contribution in [0.3, 0.4) is 0 Å². The summed E-state index contributed by atoms with van der Waals surface area (Å²) in [6.45, 7) is 1.86. The Bertz CT molecular complexity index is 645. The van der Waals surface area contributed by atoms with Crippen LogP contribution in [0, 0.1) is 6.92 Å². The van der Waals surface area contributed by atoms with Crippen molar-refractivity contribution in [1.82, 2.24) is 15.1 Å². The van der Waals surface area contributed by atoms with Crippen LogP contribution in [0.25, 0.3) is 0 Å². The molecule has 104 valence electrons. The van der Waals surface area contributed by atoms with E-state index in [0.717, 1.165) is 25.0 Å². The molecule has 0 saturated heterocycles. The summed E-state index contributed by atoms with van der Waals surface area (Å²) < 4.78 is 1.68. The number of hydrogen-bond acceptors (Lipinski definition) is 2. The van der Waals surface area contributed by atoms with E-state index in [1.54, 1.807) is 10.9 Å². The lowest BCUT2D eigenvalue weighted by molar-refractivity contribution is 0.0932. The number of fused-ring (bicyclic) bond motifs is 1. The highest BCUT2D eigenvalue weighted by Gasteiger charge is 2.23. The largest absolute Gasteiger partial charge is 0.345 e. The van der Waals surface area contributed by atoms with Crippen molar-refractivity contribution in [2.24, 2.45) is 7.05 Å². The first-order valence-electron chi connectivity index (χ1n) is 7.04. The molecule has 1 N–H and O–H groups in total. The molecule has 20 heavy (non-hydrogen) atoms. The molecule has 1 aromatic carbocycles. The Morgan fingerprint density at radius 3 is 2.95 bits per heavy atom. The molecule has 2 aromatic rings. The van der Waals surface area contributed by atoms with Gasteiger partial charge in [0, 0.05) is 13.2 Å². The van der Waals surface area contributed by atoms with E-state index in [4.69, 9.17) is 0 Å². The number of nitrogens with one attached hydrogen (secondary N) is 1. The van der Waals surface area contributed by atoms with Gasteiger partial charge in [-0.15, -0.1) is 0 Å². The Labute approximate surface area is 118 Å². The normalized spacial score (nSPS) is 17.6. The molecule has 1 heterocycles. The van der Waals surface area contributed by atoms with Crippen molar-refractivity contribution in [3.63, 3.8) is 0 Å². The van der Waals surface area contributed by atoms with Gasteiger partial charge in [-0.3, -0.25) is 9.48 Å². The Kier molecular flexibility index (Phi) is 3.30. The number of carbonyl (C=O) groups excluding carboxylic acids is 1. The van der Waals surface area contributed by atoms with Crippen LogP contribution in [-0.2, 0) is 13.5 Å². The summed E-state index contributed by atoms with van der Waals surface area (Å²) in [5.74, 6) is -0.0303. The highest BCUT2D eigenvalue weighted by molar-refractivity contribution is 5.95. The van der Waals surface area contributed by atoms with E-state index in [2.05, 4.69) is 28.6 Å². The maximum absolute atomic E-state index is 12.4. The van der Waals surface area contributed by atoms with Crippen LogP contribution in [0.5, 0.6) is 0 Å². The van der Waals surface area contributed by atoms with Crippen LogP contribution in [0.15, 0.2) is 30.5 Å². The Morgan fingerprint density at radius 1 is 1.40 bits per heavy atom. The first kappa shape index (κ1) is 12.9. The fraction of sp³-hybridized carbons (Fsp3) is 0.375. The van der Waals surface area contributed by atoms with Gasteiger partial charge in [0.15, 0.2) is 0 Å². The van der Waals surface area contributed by atoms with Crippen molar-refractivity contribution < 1.29 is 4.79 Å². The predicted molar refractivity (Wildman–Crippen MR) is 77.5 cm³/mol. The molecule has 4 nitrogen and oxygen atoms in total. The van der Waals surface area contributed by atoms with E-state index in [0.29, 0.717) is 5.56 Å². The molecule has 0 aliphatic heterocycles. The van der Waals surface area contributed by atoms with Crippen molar-refractivity contribution in [2.45, 2.75) is 32.2 Å². The summed E-state index contributed by atoms with van der Waals surface area (Å²) in [7, 11) is 1.83. The lowest BCUT2D eigenvalue weighted by atomic mass is 9.87. The highest BCUT2D eigenvalue weighted by atomic mass is 16.1. The average Bonchev–Trinajstić information content (AvgIpc) is 2.78. The second-order valence-corrected chi connectivity index (χ2v) is 5.42. The zero-order valence-corrected chi connectivity index (χ0v) is 11.9. The molecule has 0 bridgehead atoms. The standard InChI is InChI=1S/C16H19N3O/c1-11-14(10-19(2)18-11)16(20)17-15-9-5-7-12-6-3-4-8-13(12)15/h3-4,6,8,10,15H,5,7,9H2,1-2H3,(H,17,20)/t15-/m0/s1. The fourth-order valence-corrected chi connectivity index (χ4v) is 2.96. The van der Waals surface area contributed by atoms with E-state index in [-0.39, 0.29) is 11.9 Å². The van der Waals surface area contributed by atoms with Crippen LogP contribution >= 0.6 is 0 Å². The van der Waals surface area contributed by atoms with E-state index in [1.165, 1.54) is 11.1 Å². The molecule has 1 aliphatic rings. The first-order valence-corrected chi connectivity index (χ1v) is 7.04. The van der Waals surface area contributed by atoms with Crippen LogP contribution in [0.2, 0.25) is 0 Å². The van der Waals surface area contributed by atoms with Gasteiger partial charge < -0.3 is 5.32 Å². The molecule has 0 fully saturated rings. The molecular formula is C16H19N3O. The molecule has 0 radical (unpaired) electrons. The number of rotatable bonds is 2. The van der Waals surface area contributed by atoms with Crippen LogP contribution in [0.4, 0.5) is 0 Å². The second kappa shape index (κ2) is 5.12. The molecule has 4 heteroatoms. The molecule has 0 unspecified atom stereocenters. The maximum atomic E-state index is 12.4. The summed E-state index contributed by atoms with van der Waals surface area (Å²) in [5.41, 5.74) is 4.05. The van der Waals surface area contributed by atoms with Gasteiger partial charge in [0.2, 0.25) is 0 Å². The topological polar surface area (TPSA) is 46.9 Å². The third-order valence-corrected chi connectivity index (χ3v) is 3.93. The molecule has 0 spiro atoms. The zero-order valence-electron chi connectivity index (χ0n) is 11.9. The minimum absolute atomic E-state index is 0.0303. The van der Waals surface area contributed by atoms with Gasteiger partial charge in [-0.1, -0.05) is 24.3 Å². The third kappa shape index (κ3) is 2.33. The number of aromatic nitrogens is 2. The van der Waals surface area contributed by atoms with Crippen molar-refractivity contribution >= 4 is 5.91 Å². The first-order chi connectivity index (χ1) is 9.65. The van der Waals surface area contributed by atoms with E-state index < -0.39 is 0 Å². The number of amides is 1. The number of benzene rings is 1. The highest BCUT2D eigenvalue weighted by Crippen LogP contribution is 2.29. The Morgan fingerprint density at radius 2 is 2.20 bits per heavy atom. The van der Waals surface area contributed by atoms with Gasteiger partial charge >= 0.3 is 0 Å². The second-order valence-electron chi connectivity index (χ2n) is 5.42. The van der Waals surface area contributed by atoms with Gasteiger partial charge in [0.1, 0.15) is 0 Å². The van der Waals surface area contributed by atoms with Crippen LogP contribution in [0.1, 0.15) is 46.1 Å². The van der Waals surface area contributed by atoms with Gasteiger partial charge in [0.25, 0.3) is 5.91 Å². The lowest BCUT2D eigenvalue weighted by Gasteiger charge is -2.26. The van der Waals surface area contributed by atoms with E-state index in [1.807, 2.05) is 20.0 Å². The monoisotopic (exact) mass is 269 g/mol. The Hall–Kier alpha value is -2.10. The minimum Gasteiger partial charge on any atom is -0.345 e. The average molecular weight is 269 g/mol. The van der Waals surface area contributed by atoms with Gasteiger partial charge in [-0.05, 0) is 37.3 Å². The predicted octanol–water partition coefficient (Wildman–Crippen LogP) is 2.54. The molecular weight excluding hydrogens is 250 g/mol. The smallest absolute Gasteiger partial charge is 0.255 e. The minimum atomic E-state index is -0.0303. The van der Waals surface area contributed by atoms with Crippen LogP contribution in [-0.4, -0.2) is 15.7 Å². The lowest BCUT2D eigenvalue weighted by Crippen LogP contribution is -2.31. The third-order valence-electron chi connectivity index (χ3n) is 3.93. The number of aryl methyl sites for hydroxylation is 3. The van der Waals surface area contributed by atoms with E-state index >= 15 is 0 Å². The number of hydrogen-bond donors (Lipinski definition) is 1. The number of nitrogens with zero attached hydrogens (tertiary/aromatic N) is 2. The molecule has 1 atom stereocenters. The van der Waals surface area contributed by atoms with Crippen molar-refractivity contribution in [3.8, 4) is 0 Å². The molecule has 0 saturated carbocycles. The van der Waals surface area contributed by atoms with Gasteiger partial charge in [0.05, 0.1) is 17.3 Å². The molecule has 1 aliphatic carbocycles. The van der Waals surface area contributed by atoms with Crippen LogP contribution < -0.4 is 5.32 Å². The van der Waals surface area contributed by atoms with Crippen molar-refractivity contribution in [2.75, 3.05) is 0 Å². The number of carbonyl (C=O) groups is 1. The summed E-state index contributed by atoms with van der Waals surface area (Å²) in [6, 6.07) is 8.50. The SMILES string of the molecule is Cc1nn(C)cc1C(=O)N[C@H]1CCCc2ccccc21. The molecule has 3 rings (SSSR count). The maximum Gasteiger partial charge on any atom is 0.255 e. The van der Waals surface area contributed by atoms with Crippen molar-refractivity contribution in [1.29, 1.82) is 0 Å². The summed E-state index contributed by atoms with van der Waals surface area (Å²) in [5, 5.41) is 7.38. The Balaban J connectivity index is 1.82. The summed E-state index contributed by atoms with van der Waals surface area (Å²) in [4.78, 5) is 12.4. The van der Waals surface area contributed by atoms with E-state index in [9.17, 15) is 4.79 Å². The summed E-state index contributed by atoms with van der Waals surface area (Å²) >= 11 is 0. The molecule has 1 aromatic heterocycles. The zero-order chi connectivity index (χ0) is 14.1.